The molecule has 0 fully saturated rings. The largest absolute Gasteiger partial charge is 0.397 e. The number of nitrogens with one attached hydrogen (secondary N) is 1. The first-order chi connectivity index (χ1) is 8.49. The third kappa shape index (κ3) is 2.38. The van der Waals surface area contributed by atoms with E-state index in [4.69, 9.17) is 5.73 Å². The first kappa shape index (κ1) is 12.6. The van der Waals surface area contributed by atoms with Crippen molar-refractivity contribution in [3.63, 3.8) is 0 Å². The number of rotatable bonds is 2. The summed E-state index contributed by atoms with van der Waals surface area (Å²) >= 11 is 3.39. The molecule has 0 atom stereocenters. The molecule has 0 aliphatic carbocycles. The van der Waals surface area contributed by atoms with E-state index >= 15 is 0 Å². The molecule has 2 rings (SSSR count). The van der Waals surface area contributed by atoms with Gasteiger partial charge in [0, 0.05) is 11.5 Å². The van der Waals surface area contributed by atoms with E-state index in [9.17, 15) is 4.79 Å². The number of hydrogen-bond acceptors (Lipinski definition) is 3. The lowest BCUT2D eigenvalue weighted by atomic mass is 10.2. The van der Waals surface area contributed by atoms with Crippen LogP contribution >= 0.6 is 15.9 Å². The summed E-state index contributed by atoms with van der Waals surface area (Å²) in [5.41, 5.74) is 8.50. The molecular formula is C12H13BrN4O. The van der Waals surface area contributed by atoms with Crippen LogP contribution < -0.4 is 11.1 Å². The summed E-state index contributed by atoms with van der Waals surface area (Å²) in [6.07, 6.45) is 3.08. The third-order valence-electron chi connectivity index (χ3n) is 2.55. The molecule has 94 valence electrons. The molecule has 18 heavy (non-hydrogen) atoms. The van der Waals surface area contributed by atoms with E-state index in [0.717, 1.165) is 10.0 Å². The van der Waals surface area contributed by atoms with E-state index in [2.05, 4.69) is 26.2 Å². The highest BCUT2D eigenvalue weighted by Gasteiger charge is 2.13. The molecule has 6 heteroatoms. The standard InChI is InChI=1S/C12H13BrN4O/c1-7-3-8(13)11(9(14)4-7)16-12(18)10-5-15-6-17(10)2/h3-6H,14H2,1-2H3,(H,16,18). The van der Waals surface area contributed by atoms with Crippen molar-refractivity contribution in [1.82, 2.24) is 9.55 Å². The molecule has 1 aromatic carbocycles. The highest BCUT2D eigenvalue weighted by Crippen LogP contribution is 2.30. The van der Waals surface area contributed by atoms with Gasteiger partial charge in [0.05, 0.1) is 23.9 Å². The molecule has 1 aromatic heterocycles. The van der Waals surface area contributed by atoms with E-state index in [0.29, 0.717) is 17.1 Å². The molecule has 0 unspecified atom stereocenters. The molecule has 3 N–H and O–H groups in total. The van der Waals surface area contributed by atoms with Crippen LogP contribution in [0.15, 0.2) is 29.1 Å². The predicted octanol–water partition coefficient (Wildman–Crippen LogP) is 2.33. The molecule has 0 aliphatic heterocycles. The number of imidazole rings is 1. The van der Waals surface area contributed by atoms with Crippen LogP contribution in [0.1, 0.15) is 16.1 Å². The Bertz CT molecular complexity index is 583. The number of aromatic nitrogens is 2. The lowest BCUT2D eigenvalue weighted by Gasteiger charge is -2.11. The molecule has 0 bridgehead atoms. The van der Waals surface area contributed by atoms with Gasteiger partial charge in [-0.2, -0.15) is 0 Å². The van der Waals surface area contributed by atoms with Crippen molar-refractivity contribution in [2.24, 2.45) is 7.05 Å². The second-order valence-corrected chi connectivity index (χ2v) is 4.91. The summed E-state index contributed by atoms with van der Waals surface area (Å²) < 4.78 is 2.41. The number of nitrogen functional groups attached to an aromatic ring is 1. The molecule has 2 aromatic rings. The zero-order chi connectivity index (χ0) is 13.3. The van der Waals surface area contributed by atoms with E-state index in [-0.39, 0.29) is 5.91 Å². The summed E-state index contributed by atoms with van der Waals surface area (Å²) in [4.78, 5) is 15.9. The number of halogens is 1. The molecule has 0 aliphatic rings. The Morgan fingerprint density at radius 2 is 2.22 bits per heavy atom. The van der Waals surface area contributed by atoms with Gasteiger partial charge in [-0.15, -0.1) is 0 Å². The monoisotopic (exact) mass is 308 g/mol. The number of amides is 1. The fraction of sp³-hybridized carbons (Fsp3) is 0.167. The van der Waals surface area contributed by atoms with Crippen molar-refractivity contribution in [3.05, 3.63) is 40.4 Å². The Hall–Kier alpha value is -1.82. The van der Waals surface area contributed by atoms with Gasteiger partial charge in [0.25, 0.3) is 5.91 Å². The molecule has 0 radical (unpaired) electrons. The molecular weight excluding hydrogens is 296 g/mol. The summed E-state index contributed by atoms with van der Waals surface area (Å²) in [5, 5.41) is 2.78. The minimum Gasteiger partial charge on any atom is -0.397 e. The second-order valence-electron chi connectivity index (χ2n) is 4.05. The number of carbonyl (C=O) groups is 1. The Kier molecular flexibility index (Phi) is 3.38. The summed E-state index contributed by atoms with van der Waals surface area (Å²) in [6.45, 7) is 1.94. The SMILES string of the molecule is Cc1cc(N)c(NC(=O)c2cncn2C)c(Br)c1. The minimum absolute atomic E-state index is 0.244. The van der Waals surface area contributed by atoms with E-state index in [1.165, 1.54) is 6.20 Å². The highest BCUT2D eigenvalue weighted by molar-refractivity contribution is 9.10. The van der Waals surface area contributed by atoms with Gasteiger partial charge in [0.15, 0.2) is 0 Å². The Morgan fingerprint density at radius 1 is 1.50 bits per heavy atom. The first-order valence-electron chi connectivity index (χ1n) is 5.32. The van der Waals surface area contributed by atoms with Gasteiger partial charge in [0.2, 0.25) is 0 Å². The van der Waals surface area contributed by atoms with Gasteiger partial charge in [-0.3, -0.25) is 4.79 Å². The maximum Gasteiger partial charge on any atom is 0.274 e. The van der Waals surface area contributed by atoms with E-state index in [1.54, 1.807) is 17.9 Å². The normalized spacial score (nSPS) is 10.4. The van der Waals surface area contributed by atoms with Gasteiger partial charge >= 0.3 is 0 Å². The topological polar surface area (TPSA) is 72.9 Å². The first-order valence-corrected chi connectivity index (χ1v) is 6.11. The van der Waals surface area contributed by atoms with Gasteiger partial charge in [-0.1, -0.05) is 0 Å². The smallest absolute Gasteiger partial charge is 0.274 e. The van der Waals surface area contributed by atoms with Crippen molar-refractivity contribution in [2.75, 3.05) is 11.1 Å². The molecule has 0 saturated carbocycles. The minimum atomic E-state index is -0.244. The van der Waals surface area contributed by atoms with Crippen molar-refractivity contribution >= 4 is 33.2 Å². The van der Waals surface area contributed by atoms with Crippen molar-refractivity contribution in [3.8, 4) is 0 Å². The van der Waals surface area contributed by atoms with E-state index in [1.807, 2.05) is 19.1 Å². The van der Waals surface area contributed by atoms with Crippen LogP contribution in [0.3, 0.4) is 0 Å². The Balaban J connectivity index is 2.31. The second kappa shape index (κ2) is 4.81. The highest BCUT2D eigenvalue weighted by atomic mass is 79.9. The van der Waals surface area contributed by atoms with Gasteiger partial charge < -0.3 is 15.6 Å². The number of aryl methyl sites for hydroxylation is 2. The van der Waals surface area contributed by atoms with Crippen LogP contribution in [-0.4, -0.2) is 15.5 Å². The number of carbonyl (C=O) groups excluding carboxylic acids is 1. The van der Waals surface area contributed by atoms with Gasteiger partial charge in [-0.25, -0.2) is 4.98 Å². The maximum absolute atomic E-state index is 12.0. The quantitative estimate of drug-likeness (QED) is 0.836. The van der Waals surface area contributed by atoms with Crippen LogP contribution in [0.4, 0.5) is 11.4 Å². The average molecular weight is 309 g/mol. The fourth-order valence-corrected chi connectivity index (χ4v) is 2.34. The Labute approximate surface area is 113 Å². The summed E-state index contributed by atoms with van der Waals surface area (Å²) in [5.74, 6) is -0.244. The average Bonchev–Trinajstić information content (AvgIpc) is 2.69. The Morgan fingerprint density at radius 3 is 2.78 bits per heavy atom. The van der Waals surface area contributed by atoms with Crippen molar-refractivity contribution < 1.29 is 4.79 Å². The van der Waals surface area contributed by atoms with Crippen LogP contribution in [0.25, 0.3) is 0 Å². The van der Waals surface area contributed by atoms with E-state index < -0.39 is 0 Å². The number of nitrogens with two attached hydrogens (primary N) is 1. The fourth-order valence-electron chi connectivity index (χ4n) is 1.65. The number of nitrogens with zero attached hydrogens (tertiary/aromatic N) is 2. The van der Waals surface area contributed by atoms with Crippen molar-refractivity contribution in [1.29, 1.82) is 0 Å². The third-order valence-corrected chi connectivity index (χ3v) is 3.18. The number of hydrogen-bond donors (Lipinski definition) is 2. The summed E-state index contributed by atoms with van der Waals surface area (Å²) in [7, 11) is 1.76. The molecule has 5 nitrogen and oxygen atoms in total. The van der Waals surface area contributed by atoms with Crippen molar-refractivity contribution in [2.45, 2.75) is 6.92 Å². The number of benzene rings is 1. The zero-order valence-electron chi connectivity index (χ0n) is 10.1. The number of anilines is 2. The molecule has 1 amide bonds. The molecule has 0 spiro atoms. The van der Waals surface area contributed by atoms with Crippen LogP contribution in [-0.2, 0) is 7.05 Å². The maximum atomic E-state index is 12.0. The van der Waals surface area contributed by atoms with Gasteiger partial charge in [0.1, 0.15) is 5.69 Å². The lowest BCUT2D eigenvalue weighted by molar-refractivity contribution is 0.101. The van der Waals surface area contributed by atoms with Gasteiger partial charge in [-0.05, 0) is 40.5 Å². The molecule has 0 saturated heterocycles. The lowest BCUT2D eigenvalue weighted by Crippen LogP contribution is -2.16. The van der Waals surface area contributed by atoms with Crippen LogP contribution in [0.2, 0.25) is 0 Å². The molecule has 1 heterocycles. The van der Waals surface area contributed by atoms with Crippen LogP contribution in [0.5, 0.6) is 0 Å². The predicted molar refractivity (Wildman–Crippen MR) is 74.5 cm³/mol. The summed E-state index contributed by atoms with van der Waals surface area (Å²) in [6, 6.07) is 3.71. The van der Waals surface area contributed by atoms with Crippen LogP contribution in [0, 0.1) is 6.92 Å². The zero-order valence-corrected chi connectivity index (χ0v) is 11.7.